The Kier molecular flexibility index (Phi) is 5.34. The van der Waals surface area contributed by atoms with E-state index >= 15 is 0 Å². The lowest BCUT2D eigenvalue weighted by atomic mass is 10.1. The third-order valence-electron chi connectivity index (χ3n) is 3.82. The maximum Gasteiger partial charge on any atom is 0.286 e. The van der Waals surface area contributed by atoms with Crippen molar-refractivity contribution in [1.29, 1.82) is 0 Å². The van der Waals surface area contributed by atoms with Crippen LogP contribution >= 0.6 is 0 Å². The Balaban J connectivity index is 1.57. The van der Waals surface area contributed by atoms with Crippen LogP contribution in [0, 0.1) is 0 Å². The van der Waals surface area contributed by atoms with Crippen LogP contribution in [0.25, 0.3) is 11.1 Å². The van der Waals surface area contributed by atoms with E-state index < -0.39 is 11.8 Å². The van der Waals surface area contributed by atoms with Gasteiger partial charge in [-0.3, -0.25) is 20.4 Å². The Morgan fingerprint density at radius 2 is 1.65 bits per heavy atom. The fourth-order valence-electron chi connectivity index (χ4n) is 2.52. The van der Waals surface area contributed by atoms with E-state index in [0.717, 1.165) is 11.1 Å². The first-order valence-electron chi connectivity index (χ1n) is 8.13. The normalized spacial score (nSPS) is 10.2. The van der Waals surface area contributed by atoms with E-state index in [1.165, 1.54) is 0 Å². The predicted octanol–water partition coefficient (Wildman–Crippen LogP) is 2.53. The number of carbonyl (C=O) groups excluding carboxylic acids is 2. The number of ether oxygens (including phenoxy) is 1. The first-order valence-corrected chi connectivity index (χ1v) is 8.13. The van der Waals surface area contributed by atoms with Gasteiger partial charge in [0.05, 0.1) is 0 Å². The molecule has 6 nitrogen and oxygen atoms in total. The summed E-state index contributed by atoms with van der Waals surface area (Å²) in [5.74, 6) is -0.242. The summed E-state index contributed by atoms with van der Waals surface area (Å²) in [4.78, 5) is 23.9. The van der Waals surface area contributed by atoms with Crippen molar-refractivity contribution >= 4 is 11.8 Å². The molecular formula is C20H19N3O3. The zero-order valence-corrected chi connectivity index (χ0v) is 14.3. The number of aromatic nitrogens is 1. The maximum atomic E-state index is 12.0. The van der Waals surface area contributed by atoms with Crippen LogP contribution in [0.4, 0.5) is 0 Å². The van der Waals surface area contributed by atoms with E-state index in [0.29, 0.717) is 11.4 Å². The van der Waals surface area contributed by atoms with Crippen molar-refractivity contribution in [2.45, 2.75) is 0 Å². The van der Waals surface area contributed by atoms with E-state index in [1.807, 2.05) is 48.5 Å². The average Bonchev–Trinajstić information content (AvgIpc) is 3.11. The number of amides is 2. The molecule has 26 heavy (non-hydrogen) atoms. The molecule has 0 bridgehead atoms. The summed E-state index contributed by atoms with van der Waals surface area (Å²) in [6.07, 6.45) is 1.75. The van der Waals surface area contributed by atoms with E-state index in [9.17, 15) is 9.59 Å². The van der Waals surface area contributed by atoms with E-state index in [1.54, 1.807) is 36.0 Å². The molecule has 0 fully saturated rings. The Labute approximate surface area is 151 Å². The lowest BCUT2D eigenvalue weighted by molar-refractivity contribution is -0.123. The molecule has 0 saturated heterocycles. The number of hydrogen-bond donors (Lipinski definition) is 2. The van der Waals surface area contributed by atoms with E-state index in [4.69, 9.17) is 4.74 Å². The Hall–Kier alpha value is -3.54. The molecule has 2 N–H and O–H groups in total. The van der Waals surface area contributed by atoms with E-state index in [2.05, 4.69) is 10.9 Å². The van der Waals surface area contributed by atoms with Crippen LogP contribution in [0.2, 0.25) is 0 Å². The van der Waals surface area contributed by atoms with Gasteiger partial charge in [-0.1, -0.05) is 48.5 Å². The lowest BCUT2D eigenvalue weighted by Crippen LogP contribution is -2.44. The van der Waals surface area contributed by atoms with Gasteiger partial charge in [-0.15, -0.1) is 0 Å². The number of hydrogen-bond acceptors (Lipinski definition) is 3. The third-order valence-corrected chi connectivity index (χ3v) is 3.82. The second kappa shape index (κ2) is 8.02. The number of para-hydroxylation sites is 1. The molecule has 0 radical (unpaired) electrons. The number of aryl methyl sites for hydroxylation is 1. The van der Waals surface area contributed by atoms with Crippen molar-refractivity contribution < 1.29 is 14.3 Å². The summed E-state index contributed by atoms with van der Waals surface area (Å²) in [5.41, 5.74) is 7.06. The van der Waals surface area contributed by atoms with Gasteiger partial charge < -0.3 is 9.30 Å². The molecule has 0 unspecified atom stereocenters. The van der Waals surface area contributed by atoms with E-state index in [-0.39, 0.29) is 6.61 Å². The molecule has 0 aliphatic heterocycles. The Bertz CT molecular complexity index is 903. The van der Waals surface area contributed by atoms with Crippen LogP contribution < -0.4 is 15.6 Å². The molecule has 2 amide bonds. The molecule has 3 aromatic rings. The van der Waals surface area contributed by atoms with Crippen LogP contribution in [0.5, 0.6) is 5.75 Å². The number of benzene rings is 2. The minimum absolute atomic E-state index is 0.211. The molecule has 0 saturated carbocycles. The van der Waals surface area contributed by atoms with Crippen molar-refractivity contribution in [3.8, 4) is 16.9 Å². The van der Waals surface area contributed by atoms with Crippen molar-refractivity contribution in [2.24, 2.45) is 7.05 Å². The molecule has 1 aromatic heterocycles. The fourth-order valence-corrected chi connectivity index (χ4v) is 2.52. The van der Waals surface area contributed by atoms with Gasteiger partial charge in [0.1, 0.15) is 11.4 Å². The summed E-state index contributed by atoms with van der Waals surface area (Å²) in [6.45, 7) is -0.211. The van der Waals surface area contributed by atoms with Gasteiger partial charge in [0, 0.05) is 18.8 Å². The van der Waals surface area contributed by atoms with Gasteiger partial charge >= 0.3 is 0 Å². The van der Waals surface area contributed by atoms with Crippen LogP contribution in [0.3, 0.4) is 0 Å². The van der Waals surface area contributed by atoms with Gasteiger partial charge in [-0.05, 0) is 23.8 Å². The predicted molar refractivity (Wildman–Crippen MR) is 98.4 cm³/mol. The number of hydrazine groups is 1. The molecule has 2 aromatic carbocycles. The number of nitrogens with one attached hydrogen (secondary N) is 2. The summed E-state index contributed by atoms with van der Waals surface area (Å²) in [6, 6.07) is 20.7. The summed E-state index contributed by atoms with van der Waals surface area (Å²) in [7, 11) is 1.75. The highest BCUT2D eigenvalue weighted by atomic mass is 16.5. The first kappa shape index (κ1) is 17.3. The topological polar surface area (TPSA) is 72.4 Å². The molecule has 0 atom stereocenters. The SMILES string of the molecule is Cn1cccc1C(=O)NNC(=O)COc1ccccc1-c1ccccc1. The number of nitrogens with zero attached hydrogens (tertiary/aromatic N) is 1. The van der Waals surface area contributed by atoms with Gasteiger partial charge in [0.25, 0.3) is 11.8 Å². The summed E-state index contributed by atoms with van der Waals surface area (Å²) in [5, 5.41) is 0. The molecule has 0 spiro atoms. The van der Waals surface area contributed by atoms with Gasteiger partial charge in [-0.2, -0.15) is 0 Å². The van der Waals surface area contributed by atoms with Crippen LogP contribution in [0.15, 0.2) is 72.9 Å². The Morgan fingerprint density at radius 1 is 0.923 bits per heavy atom. The van der Waals surface area contributed by atoms with Crippen molar-refractivity contribution in [2.75, 3.05) is 6.61 Å². The standard InChI is InChI=1S/C20H19N3O3/c1-23-13-7-11-17(23)20(25)22-21-19(24)14-26-18-12-6-5-10-16(18)15-8-3-2-4-9-15/h2-13H,14H2,1H3,(H,21,24)(H,22,25). The third kappa shape index (κ3) is 4.10. The molecule has 3 rings (SSSR count). The molecule has 0 aliphatic rings. The summed E-state index contributed by atoms with van der Waals surface area (Å²) >= 11 is 0. The highest BCUT2D eigenvalue weighted by Gasteiger charge is 2.11. The molecular weight excluding hydrogens is 330 g/mol. The van der Waals surface area contributed by atoms with Gasteiger partial charge in [-0.25, -0.2) is 0 Å². The number of carbonyl (C=O) groups is 2. The van der Waals surface area contributed by atoms with Crippen molar-refractivity contribution in [3.05, 3.63) is 78.6 Å². The summed E-state index contributed by atoms with van der Waals surface area (Å²) < 4.78 is 7.29. The zero-order valence-electron chi connectivity index (χ0n) is 14.3. The quantitative estimate of drug-likeness (QED) is 0.695. The van der Waals surface area contributed by atoms with Crippen molar-refractivity contribution in [3.63, 3.8) is 0 Å². The largest absolute Gasteiger partial charge is 0.483 e. The molecule has 6 heteroatoms. The van der Waals surface area contributed by atoms with Gasteiger partial charge in [0.2, 0.25) is 0 Å². The van der Waals surface area contributed by atoms with Gasteiger partial charge in [0.15, 0.2) is 6.61 Å². The zero-order chi connectivity index (χ0) is 18.4. The first-order chi connectivity index (χ1) is 12.6. The number of rotatable bonds is 5. The highest BCUT2D eigenvalue weighted by molar-refractivity contribution is 5.94. The second-order valence-corrected chi connectivity index (χ2v) is 5.66. The monoisotopic (exact) mass is 349 g/mol. The molecule has 1 heterocycles. The van der Waals surface area contributed by atoms with Crippen LogP contribution in [0.1, 0.15) is 10.5 Å². The second-order valence-electron chi connectivity index (χ2n) is 5.66. The molecule has 132 valence electrons. The maximum absolute atomic E-state index is 12.0. The highest BCUT2D eigenvalue weighted by Crippen LogP contribution is 2.29. The van der Waals surface area contributed by atoms with Crippen LogP contribution in [-0.2, 0) is 11.8 Å². The van der Waals surface area contributed by atoms with Crippen LogP contribution in [-0.4, -0.2) is 23.0 Å². The minimum Gasteiger partial charge on any atom is -0.483 e. The minimum atomic E-state index is -0.449. The van der Waals surface area contributed by atoms with Crippen molar-refractivity contribution in [1.82, 2.24) is 15.4 Å². The Morgan fingerprint density at radius 3 is 2.38 bits per heavy atom. The molecule has 0 aliphatic carbocycles. The smallest absolute Gasteiger partial charge is 0.286 e. The fraction of sp³-hybridized carbons (Fsp3) is 0.100. The lowest BCUT2D eigenvalue weighted by Gasteiger charge is -2.12. The average molecular weight is 349 g/mol.